The summed E-state index contributed by atoms with van der Waals surface area (Å²) in [6.45, 7) is 1.61. The van der Waals surface area contributed by atoms with Crippen LogP contribution < -0.4 is 4.90 Å². The number of halogens is 2. The van der Waals surface area contributed by atoms with Gasteiger partial charge in [0, 0.05) is 19.2 Å². The second-order valence-corrected chi connectivity index (χ2v) is 4.83. The van der Waals surface area contributed by atoms with Crippen molar-refractivity contribution in [3.8, 4) is 0 Å². The fourth-order valence-electron chi connectivity index (χ4n) is 2.05. The zero-order valence-corrected chi connectivity index (χ0v) is 10.7. The van der Waals surface area contributed by atoms with E-state index in [0.29, 0.717) is 5.69 Å². The van der Waals surface area contributed by atoms with E-state index in [9.17, 15) is 14.5 Å². The van der Waals surface area contributed by atoms with Gasteiger partial charge in [-0.05, 0) is 41.3 Å². The van der Waals surface area contributed by atoms with Crippen LogP contribution >= 0.6 is 15.9 Å². The number of nitro benzene ring substituents is 1. The highest BCUT2D eigenvalue weighted by molar-refractivity contribution is 9.10. The van der Waals surface area contributed by atoms with Crippen molar-refractivity contribution in [2.75, 3.05) is 18.0 Å². The van der Waals surface area contributed by atoms with Gasteiger partial charge in [-0.2, -0.15) is 0 Å². The van der Waals surface area contributed by atoms with Crippen LogP contribution in [-0.4, -0.2) is 18.0 Å². The predicted octanol–water partition coefficient (Wildman–Crippen LogP) is 3.49. The van der Waals surface area contributed by atoms with E-state index in [-0.39, 0.29) is 10.2 Å². The van der Waals surface area contributed by atoms with E-state index in [2.05, 4.69) is 15.9 Å². The molecule has 0 spiro atoms. The van der Waals surface area contributed by atoms with Gasteiger partial charge in [-0.25, -0.2) is 4.39 Å². The summed E-state index contributed by atoms with van der Waals surface area (Å²) in [6, 6.07) is 2.83. The minimum atomic E-state index is -0.590. The molecule has 0 aliphatic carbocycles. The Hall–Kier alpha value is -1.17. The number of nitro groups is 1. The summed E-state index contributed by atoms with van der Waals surface area (Å²) < 4.78 is 13.9. The van der Waals surface area contributed by atoms with E-state index in [1.165, 1.54) is 12.1 Å². The molecule has 2 rings (SSSR count). The summed E-state index contributed by atoms with van der Waals surface area (Å²) >= 11 is 2.95. The van der Waals surface area contributed by atoms with Crippen LogP contribution in [0.2, 0.25) is 0 Å². The molecule has 6 heteroatoms. The zero-order chi connectivity index (χ0) is 12.4. The predicted molar refractivity (Wildman–Crippen MR) is 66.8 cm³/mol. The Morgan fingerprint density at radius 3 is 2.53 bits per heavy atom. The standard InChI is InChI=1S/C11H12BrFN2O2/c12-10-8(15(16)17)4-5-9(11(10)13)14-6-2-1-3-7-14/h4-5H,1-3,6-7H2. The van der Waals surface area contributed by atoms with E-state index in [1.807, 2.05) is 4.90 Å². The maximum atomic E-state index is 14.0. The van der Waals surface area contributed by atoms with Gasteiger partial charge in [-0.3, -0.25) is 10.1 Å². The van der Waals surface area contributed by atoms with Gasteiger partial charge in [0.05, 0.1) is 10.6 Å². The molecule has 0 aromatic heterocycles. The minimum Gasteiger partial charge on any atom is -0.369 e. The summed E-state index contributed by atoms with van der Waals surface area (Å²) in [5, 5.41) is 10.7. The molecule has 1 saturated heterocycles. The summed E-state index contributed by atoms with van der Waals surface area (Å²) in [5.41, 5.74) is 0.213. The molecule has 0 atom stereocenters. The third-order valence-corrected chi connectivity index (χ3v) is 3.69. The van der Waals surface area contributed by atoms with Gasteiger partial charge in [0.2, 0.25) is 0 Å². The van der Waals surface area contributed by atoms with E-state index in [0.717, 1.165) is 32.4 Å². The molecule has 0 bridgehead atoms. The number of hydrogen-bond acceptors (Lipinski definition) is 3. The lowest BCUT2D eigenvalue weighted by Gasteiger charge is -2.29. The summed E-state index contributed by atoms with van der Waals surface area (Å²) in [4.78, 5) is 12.0. The molecule has 17 heavy (non-hydrogen) atoms. The molecule has 1 aliphatic heterocycles. The zero-order valence-electron chi connectivity index (χ0n) is 9.16. The highest BCUT2D eigenvalue weighted by Crippen LogP contribution is 2.34. The quantitative estimate of drug-likeness (QED) is 0.620. The molecule has 1 aromatic carbocycles. The normalized spacial score (nSPS) is 16.0. The van der Waals surface area contributed by atoms with Crippen molar-refractivity contribution >= 4 is 27.3 Å². The minimum absolute atomic E-state index is 0.0643. The lowest BCUT2D eigenvalue weighted by atomic mass is 10.1. The highest BCUT2D eigenvalue weighted by atomic mass is 79.9. The van der Waals surface area contributed by atoms with Crippen LogP contribution in [-0.2, 0) is 0 Å². The summed E-state index contributed by atoms with van der Waals surface area (Å²) in [6.07, 6.45) is 3.23. The van der Waals surface area contributed by atoms with Crippen molar-refractivity contribution < 1.29 is 9.31 Å². The van der Waals surface area contributed by atoms with Crippen molar-refractivity contribution in [1.82, 2.24) is 0 Å². The van der Waals surface area contributed by atoms with Crippen LogP contribution in [0.3, 0.4) is 0 Å². The molecule has 1 fully saturated rings. The number of anilines is 1. The topological polar surface area (TPSA) is 46.4 Å². The van der Waals surface area contributed by atoms with Crippen LogP contribution in [0.4, 0.5) is 15.8 Å². The smallest absolute Gasteiger partial charge is 0.286 e. The molecule has 1 heterocycles. The first-order chi connectivity index (χ1) is 8.11. The Bertz CT molecular complexity index is 447. The molecule has 92 valence electrons. The van der Waals surface area contributed by atoms with Gasteiger partial charge in [-0.1, -0.05) is 0 Å². The van der Waals surface area contributed by atoms with Gasteiger partial charge in [0.25, 0.3) is 5.69 Å². The van der Waals surface area contributed by atoms with Crippen molar-refractivity contribution in [3.05, 3.63) is 32.5 Å². The molecule has 1 aliphatic rings. The summed E-state index contributed by atoms with van der Waals surface area (Å²) in [5.74, 6) is -0.541. The van der Waals surface area contributed by atoms with Crippen molar-refractivity contribution in [2.24, 2.45) is 0 Å². The molecule has 4 nitrogen and oxygen atoms in total. The SMILES string of the molecule is O=[N+]([O-])c1ccc(N2CCCCC2)c(F)c1Br. The Labute approximate surface area is 107 Å². The van der Waals surface area contributed by atoms with Crippen LogP contribution in [0.5, 0.6) is 0 Å². The van der Waals surface area contributed by atoms with E-state index in [4.69, 9.17) is 0 Å². The van der Waals surface area contributed by atoms with E-state index >= 15 is 0 Å². The largest absolute Gasteiger partial charge is 0.369 e. The average molecular weight is 303 g/mol. The first-order valence-electron chi connectivity index (χ1n) is 5.48. The molecule has 0 radical (unpaired) electrons. The maximum Gasteiger partial charge on any atom is 0.286 e. The Kier molecular flexibility index (Phi) is 3.61. The molecule has 0 saturated carbocycles. The average Bonchev–Trinajstić information content (AvgIpc) is 2.33. The molecule has 0 N–H and O–H groups in total. The van der Waals surface area contributed by atoms with Crippen LogP contribution in [0, 0.1) is 15.9 Å². The number of piperidine rings is 1. The van der Waals surface area contributed by atoms with Gasteiger partial charge in [-0.15, -0.1) is 0 Å². The van der Waals surface area contributed by atoms with Gasteiger partial charge in [0.1, 0.15) is 4.47 Å². The van der Waals surface area contributed by atoms with Crippen LogP contribution in [0.15, 0.2) is 16.6 Å². The number of benzene rings is 1. The second-order valence-electron chi connectivity index (χ2n) is 4.04. The second kappa shape index (κ2) is 5.00. The third-order valence-electron chi connectivity index (χ3n) is 2.93. The lowest BCUT2D eigenvalue weighted by Crippen LogP contribution is -2.30. The number of hydrogen-bond donors (Lipinski definition) is 0. The molecular formula is C11H12BrFN2O2. The number of nitrogens with zero attached hydrogens (tertiary/aromatic N) is 2. The maximum absolute atomic E-state index is 14.0. The van der Waals surface area contributed by atoms with E-state index in [1.54, 1.807) is 0 Å². The highest BCUT2D eigenvalue weighted by Gasteiger charge is 2.22. The van der Waals surface area contributed by atoms with Gasteiger partial charge < -0.3 is 4.90 Å². The monoisotopic (exact) mass is 302 g/mol. The molecule has 0 amide bonds. The van der Waals surface area contributed by atoms with Gasteiger partial charge >= 0.3 is 0 Å². The fraction of sp³-hybridized carbons (Fsp3) is 0.455. The van der Waals surface area contributed by atoms with E-state index < -0.39 is 10.7 Å². The molecule has 0 unspecified atom stereocenters. The first kappa shape index (κ1) is 12.3. The van der Waals surface area contributed by atoms with Crippen LogP contribution in [0.1, 0.15) is 19.3 Å². The van der Waals surface area contributed by atoms with Gasteiger partial charge in [0.15, 0.2) is 5.82 Å². The van der Waals surface area contributed by atoms with Crippen molar-refractivity contribution in [2.45, 2.75) is 19.3 Å². The van der Waals surface area contributed by atoms with Crippen molar-refractivity contribution in [1.29, 1.82) is 0 Å². The molecular weight excluding hydrogens is 291 g/mol. The third kappa shape index (κ3) is 2.41. The Morgan fingerprint density at radius 1 is 1.29 bits per heavy atom. The first-order valence-corrected chi connectivity index (χ1v) is 6.28. The number of rotatable bonds is 2. The fourth-order valence-corrected chi connectivity index (χ4v) is 2.53. The Balaban J connectivity index is 2.36. The molecule has 1 aromatic rings. The summed E-state index contributed by atoms with van der Waals surface area (Å²) in [7, 11) is 0. The van der Waals surface area contributed by atoms with Crippen LogP contribution in [0.25, 0.3) is 0 Å². The lowest BCUT2D eigenvalue weighted by molar-refractivity contribution is -0.385. The Morgan fingerprint density at radius 2 is 1.94 bits per heavy atom. The van der Waals surface area contributed by atoms with Crippen molar-refractivity contribution in [3.63, 3.8) is 0 Å².